The van der Waals surface area contributed by atoms with Crippen molar-refractivity contribution in [3.63, 3.8) is 0 Å². The Bertz CT molecular complexity index is 1510. The van der Waals surface area contributed by atoms with E-state index < -0.39 is 0 Å². The molecule has 1 aliphatic heterocycles. The van der Waals surface area contributed by atoms with E-state index >= 15 is 0 Å². The van der Waals surface area contributed by atoms with E-state index in [9.17, 15) is 4.79 Å². The zero-order valence-electron chi connectivity index (χ0n) is 19.7. The van der Waals surface area contributed by atoms with Crippen molar-refractivity contribution < 1.29 is 13.9 Å². The zero-order chi connectivity index (χ0) is 24.6. The molecule has 2 N–H and O–H groups in total. The van der Waals surface area contributed by atoms with Gasteiger partial charge >= 0.3 is 0 Å². The minimum Gasteiger partial charge on any atom is -0.497 e. The molecule has 0 unspecified atom stereocenters. The van der Waals surface area contributed by atoms with E-state index in [0.29, 0.717) is 48.1 Å². The number of fused-ring (bicyclic) bond motifs is 3. The summed E-state index contributed by atoms with van der Waals surface area (Å²) in [5, 5.41) is 9.73. The van der Waals surface area contributed by atoms with E-state index in [1.54, 1.807) is 43.8 Å². The highest BCUT2D eigenvalue weighted by Crippen LogP contribution is 2.23. The maximum Gasteiger partial charge on any atom is 0.253 e. The van der Waals surface area contributed by atoms with Gasteiger partial charge in [0, 0.05) is 38.3 Å². The van der Waals surface area contributed by atoms with E-state index in [-0.39, 0.29) is 11.9 Å². The zero-order valence-corrected chi connectivity index (χ0v) is 19.7. The number of piperazine rings is 1. The standard InChI is InChI=1S/C24H25N9O3/c1-35-17-6-4-16(5-7-17)23(34)31-11-8-30(9-12-31)10-13-32-21-18(15-26-32)22-27-20(19-3-2-14-36-19)29-33(22)24(25)28-21/h2-7,14-15H,8-13H2,1H3,(H2,25,28). The number of nitrogen functional groups attached to an aromatic ring is 1. The van der Waals surface area contributed by atoms with Crippen molar-refractivity contribution in [2.45, 2.75) is 6.54 Å². The van der Waals surface area contributed by atoms with Crippen LogP contribution in [0, 0.1) is 0 Å². The van der Waals surface area contributed by atoms with Crippen LogP contribution in [-0.2, 0) is 6.54 Å². The van der Waals surface area contributed by atoms with Crippen LogP contribution in [0.3, 0.4) is 0 Å². The van der Waals surface area contributed by atoms with Gasteiger partial charge in [-0.1, -0.05) is 0 Å². The highest BCUT2D eigenvalue weighted by Gasteiger charge is 2.23. The van der Waals surface area contributed by atoms with Crippen molar-refractivity contribution in [3.8, 4) is 17.3 Å². The van der Waals surface area contributed by atoms with Gasteiger partial charge in [0.1, 0.15) is 5.75 Å². The average Bonchev–Trinajstić information content (AvgIpc) is 3.67. The number of carbonyl (C=O) groups is 1. The van der Waals surface area contributed by atoms with Crippen LogP contribution in [0.5, 0.6) is 5.75 Å². The number of anilines is 1. The Kier molecular flexibility index (Phi) is 5.49. The molecule has 0 atom stereocenters. The molecule has 0 bridgehead atoms. The lowest BCUT2D eigenvalue weighted by Crippen LogP contribution is -2.49. The fourth-order valence-corrected chi connectivity index (χ4v) is 4.46. The highest BCUT2D eigenvalue weighted by molar-refractivity contribution is 5.94. The Morgan fingerprint density at radius 1 is 1.06 bits per heavy atom. The van der Waals surface area contributed by atoms with Gasteiger partial charge in [-0.15, -0.1) is 5.10 Å². The first-order valence-electron chi connectivity index (χ1n) is 11.7. The smallest absolute Gasteiger partial charge is 0.253 e. The van der Waals surface area contributed by atoms with Gasteiger partial charge in [-0.25, -0.2) is 9.67 Å². The number of amides is 1. The normalized spacial score (nSPS) is 14.6. The van der Waals surface area contributed by atoms with Crippen molar-refractivity contribution in [3.05, 3.63) is 54.4 Å². The molecular formula is C24H25N9O3. The van der Waals surface area contributed by atoms with E-state index in [4.69, 9.17) is 14.9 Å². The molecule has 184 valence electrons. The largest absolute Gasteiger partial charge is 0.497 e. The molecular weight excluding hydrogens is 462 g/mol. The summed E-state index contributed by atoms with van der Waals surface area (Å²) in [4.78, 5) is 26.2. The van der Waals surface area contributed by atoms with Crippen molar-refractivity contribution >= 4 is 28.5 Å². The molecule has 1 saturated heterocycles. The van der Waals surface area contributed by atoms with Crippen LogP contribution in [0.4, 0.5) is 5.95 Å². The summed E-state index contributed by atoms with van der Waals surface area (Å²) >= 11 is 0. The molecule has 4 aromatic heterocycles. The summed E-state index contributed by atoms with van der Waals surface area (Å²) in [5.74, 6) is 2.01. The lowest BCUT2D eigenvalue weighted by molar-refractivity contribution is 0.0632. The van der Waals surface area contributed by atoms with Crippen LogP contribution in [0.25, 0.3) is 28.3 Å². The van der Waals surface area contributed by atoms with E-state index in [1.165, 1.54) is 4.52 Å². The lowest BCUT2D eigenvalue weighted by atomic mass is 10.1. The van der Waals surface area contributed by atoms with Gasteiger partial charge in [0.2, 0.25) is 11.8 Å². The Hall–Kier alpha value is -4.45. The first-order chi connectivity index (χ1) is 17.6. The van der Waals surface area contributed by atoms with Gasteiger partial charge in [0.05, 0.1) is 31.5 Å². The maximum atomic E-state index is 12.8. The Morgan fingerprint density at radius 3 is 2.58 bits per heavy atom. The summed E-state index contributed by atoms with van der Waals surface area (Å²) in [6.07, 6.45) is 3.31. The fraction of sp³-hybridized carbons (Fsp3) is 0.292. The Morgan fingerprint density at radius 2 is 1.86 bits per heavy atom. The monoisotopic (exact) mass is 487 g/mol. The number of nitrogens with zero attached hydrogens (tertiary/aromatic N) is 8. The predicted molar refractivity (Wildman–Crippen MR) is 132 cm³/mol. The predicted octanol–water partition coefficient (Wildman–Crippen LogP) is 1.78. The van der Waals surface area contributed by atoms with Gasteiger partial charge in [0.15, 0.2) is 17.1 Å². The molecule has 5 aromatic rings. The number of nitrogens with two attached hydrogens (primary N) is 1. The van der Waals surface area contributed by atoms with Crippen molar-refractivity contribution in [2.75, 3.05) is 45.6 Å². The van der Waals surface area contributed by atoms with Crippen LogP contribution < -0.4 is 10.5 Å². The number of ether oxygens (including phenoxy) is 1. The van der Waals surface area contributed by atoms with Gasteiger partial charge in [-0.3, -0.25) is 9.69 Å². The molecule has 1 aliphatic rings. The number of methoxy groups -OCH3 is 1. The van der Waals surface area contributed by atoms with Crippen molar-refractivity contribution in [2.24, 2.45) is 0 Å². The Balaban J connectivity index is 1.12. The van der Waals surface area contributed by atoms with Crippen LogP contribution >= 0.6 is 0 Å². The van der Waals surface area contributed by atoms with Crippen LogP contribution in [0.15, 0.2) is 53.3 Å². The topological polar surface area (TPSA) is 133 Å². The van der Waals surface area contributed by atoms with Gasteiger partial charge in [0.25, 0.3) is 5.91 Å². The summed E-state index contributed by atoms with van der Waals surface area (Å²) in [6.45, 7) is 4.34. The van der Waals surface area contributed by atoms with Crippen LogP contribution in [0.1, 0.15) is 10.4 Å². The lowest BCUT2D eigenvalue weighted by Gasteiger charge is -2.34. The highest BCUT2D eigenvalue weighted by atomic mass is 16.5. The molecule has 1 fully saturated rings. The number of furan rings is 1. The summed E-state index contributed by atoms with van der Waals surface area (Å²) in [7, 11) is 1.61. The fourth-order valence-electron chi connectivity index (χ4n) is 4.46. The van der Waals surface area contributed by atoms with Crippen LogP contribution in [0.2, 0.25) is 0 Å². The van der Waals surface area contributed by atoms with Gasteiger partial charge < -0.3 is 19.8 Å². The molecule has 0 saturated carbocycles. The maximum absolute atomic E-state index is 12.8. The molecule has 5 heterocycles. The van der Waals surface area contributed by atoms with Gasteiger partial charge in [-0.2, -0.15) is 14.6 Å². The number of carbonyl (C=O) groups excluding carboxylic acids is 1. The number of hydrogen-bond acceptors (Lipinski definition) is 9. The van der Waals surface area contributed by atoms with E-state index in [0.717, 1.165) is 30.8 Å². The molecule has 0 spiro atoms. The third kappa shape index (κ3) is 3.90. The molecule has 12 heteroatoms. The SMILES string of the molecule is COc1ccc(C(=O)N2CCN(CCn3ncc4c3nc(N)n3nc(-c5ccco5)nc43)CC2)cc1. The second-order valence-corrected chi connectivity index (χ2v) is 8.59. The number of hydrogen-bond donors (Lipinski definition) is 1. The molecule has 0 radical (unpaired) electrons. The van der Waals surface area contributed by atoms with Crippen LogP contribution in [-0.4, -0.2) is 84.9 Å². The third-order valence-corrected chi connectivity index (χ3v) is 6.46. The minimum absolute atomic E-state index is 0.0429. The molecule has 1 aromatic carbocycles. The van der Waals surface area contributed by atoms with E-state index in [2.05, 4.69) is 25.1 Å². The average molecular weight is 488 g/mol. The van der Waals surface area contributed by atoms with Gasteiger partial charge in [-0.05, 0) is 36.4 Å². The minimum atomic E-state index is 0.0429. The second kappa shape index (κ2) is 8.96. The third-order valence-electron chi connectivity index (χ3n) is 6.46. The van der Waals surface area contributed by atoms with E-state index in [1.807, 2.05) is 21.7 Å². The first-order valence-corrected chi connectivity index (χ1v) is 11.7. The Labute approximate surface area is 205 Å². The number of benzene rings is 1. The number of rotatable bonds is 6. The van der Waals surface area contributed by atoms with Crippen molar-refractivity contribution in [1.82, 2.24) is 39.2 Å². The summed E-state index contributed by atoms with van der Waals surface area (Å²) in [5.41, 5.74) is 8.10. The molecule has 1 amide bonds. The van der Waals surface area contributed by atoms with Crippen molar-refractivity contribution in [1.29, 1.82) is 0 Å². The quantitative estimate of drug-likeness (QED) is 0.380. The molecule has 6 rings (SSSR count). The number of aromatic nitrogens is 6. The summed E-state index contributed by atoms with van der Waals surface area (Å²) in [6, 6.07) is 10.8. The first kappa shape index (κ1) is 22.0. The molecule has 0 aliphatic carbocycles. The molecule has 12 nitrogen and oxygen atoms in total. The summed E-state index contributed by atoms with van der Waals surface area (Å²) < 4.78 is 13.9. The second-order valence-electron chi connectivity index (χ2n) is 8.59. The molecule has 36 heavy (non-hydrogen) atoms.